The standard InChI is InChI=1S/C46H29N4O/c1-3-14-30(15-4-1)44-48-45(31-16-5-2-6-17-31)50-46(49-44)37-22-12-11-21-36(37)42-41-38-26-33-19-9-10-20-34(33)27-40(38)51-43(41)39(28-47-42)35-24-23-29-13-7-8-18-32(29)25-35/h1-28,44H/q-1. The molecule has 1 aliphatic rings. The molecule has 5 nitrogen and oxygen atoms in total. The second-order valence-corrected chi connectivity index (χ2v) is 12.8. The van der Waals surface area contributed by atoms with Gasteiger partial charge in [0, 0.05) is 22.7 Å². The number of hydrogen-bond donors (Lipinski definition) is 0. The molecule has 0 radical (unpaired) electrons. The van der Waals surface area contributed by atoms with Crippen LogP contribution in [0.2, 0.25) is 0 Å². The van der Waals surface area contributed by atoms with E-state index in [1.807, 2.05) is 66.9 Å². The lowest BCUT2D eigenvalue weighted by molar-refractivity contribution is 0.670. The summed E-state index contributed by atoms with van der Waals surface area (Å²) < 4.78 is 6.84. The maximum Gasteiger partial charge on any atom is 0.146 e. The number of aliphatic imine (C=N–C) groups is 2. The fourth-order valence-corrected chi connectivity index (χ4v) is 7.16. The number of fused-ring (bicyclic) bond motifs is 5. The Labute approximate surface area is 294 Å². The molecule has 0 saturated heterocycles. The van der Waals surface area contributed by atoms with Gasteiger partial charge in [0.05, 0.1) is 23.1 Å². The summed E-state index contributed by atoms with van der Waals surface area (Å²) in [6, 6.07) is 56.3. The molecule has 0 saturated carbocycles. The minimum absolute atomic E-state index is 0.439. The summed E-state index contributed by atoms with van der Waals surface area (Å²) in [5.41, 5.74) is 8.18. The van der Waals surface area contributed by atoms with Gasteiger partial charge >= 0.3 is 0 Å². The molecule has 0 amide bonds. The Bertz CT molecular complexity index is 2840. The van der Waals surface area contributed by atoms with Gasteiger partial charge in [0.15, 0.2) is 0 Å². The Morgan fingerprint density at radius 1 is 0.529 bits per heavy atom. The fraction of sp³-hybridized carbons (Fsp3) is 0.0217. The first-order valence-electron chi connectivity index (χ1n) is 17.1. The quantitative estimate of drug-likeness (QED) is 0.185. The molecular weight excluding hydrogens is 625 g/mol. The molecule has 240 valence electrons. The minimum Gasteiger partial charge on any atom is -0.455 e. The molecule has 1 unspecified atom stereocenters. The van der Waals surface area contributed by atoms with Crippen LogP contribution >= 0.6 is 0 Å². The summed E-state index contributed by atoms with van der Waals surface area (Å²) in [5, 5.41) is 11.8. The highest BCUT2D eigenvalue weighted by Gasteiger charge is 2.22. The summed E-state index contributed by atoms with van der Waals surface area (Å²) >= 11 is 0. The zero-order chi connectivity index (χ0) is 33.7. The highest BCUT2D eigenvalue weighted by Crippen LogP contribution is 2.43. The third kappa shape index (κ3) is 5.06. The first kappa shape index (κ1) is 29.1. The van der Waals surface area contributed by atoms with Crippen LogP contribution in [0.3, 0.4) is 0 Å². The first-order valence-corrected chi connectivity index (χ1v) is 17.1. The Hall–Kier alpha value is -6.85. The summed E-state index contributed by atoms with van der Waals surface area (Å²) in [7, 11) is 0. The number of aromatic nitrogens is 1. The van der Waals surface area contributed by atoms with Crippen molar-refractivity contribution in [3.05, 3.63) is 192 Å². The third-order valence-corrected chi connectivity index (χ3v) is 9.67. The Morgan fingerprint density at radius 3 is 1.96 bits per heavy atom. The highest BCUT2D eigenvalue weighted by molar-refractivity contribution is 6.23. The number of pyridine rings is 1. The molecule has 1 aliphatic heterocycles. The van der Waals surface area contributed by atoms with E-state index in [1.165, 1.54) is 10.8 Å². The fourth-order valence-electron chi connectivity index (χ4n) is 7.16. The van der Waals surface area contributed by atoms with Gasteiger partial charge in [0.25, 0.3) is 0 Å². The first-order chi connectivity index (χ1) is 25.3. The van der Waals surface area contributed by atoms with Crippen LogP contribution in [-0.4, -0.2) is 16.7 Å². The molecule has 10 rings (SSSR count). The van der Waals surface area contributed by atoms with E-state index in [-0.39, 0.29) is 0 Å². The number of benzene rings is 7. The molecule has 0 spiro atoms. The van der Waals surface area contributed by atoms with Gasteiger partial charge in [0.1, 0.15) is 11.2 Å². The van der Waals surface area contributed by atoms with Gasteiger partial charge in [-0.25, -0.2) is 0 Å². The lowest BCUT2D eigenvalue weighted by atomic mass is 9.95. The van der Waals surface area contributed by atoms with E-state index in [4.69, 9.17) is 24.7 Å². The van der Waals surface area contributed by atoms with Crippen molar-refractivity contribution < 1.29 is 4.42 Å². The normalized spacial score (nSPS) is 14.5. The second kappa shape index (κ2) is 11.9. The van der Waals surface area contributed by atoms with Crippen LogP contribution in [0.25, 0.3) is 71.2 Å². The summed E-state index contributed by atoms with van der Waals surface area (Å²) in [6.07, 6.45) is 1.51. The molecule has 5 heteroatoms. The van der Waals surface area contributed by atoms with Gasteiger partial charge in [-0.2, -0.15) is 0 Å². The lowest BCUT2D eigenvalue weighted by Gasteiger charge is -2.33. The van der Waals surface area contributed by atoms with Gasteiger partial charge in [-0.3, -0.25) is 9.98 Å². The van der Waals surface area contributed by atoms with Crippen LogP contribution in [0.15, 0.2) is 184 Å². The Morgan fingerprint density at radius 2 is 1.18 bits per heavy atom. The zero-order valence-electron chi connectivity index (χ0n) is 27.4. The van der Waals surface area contributed by atoms with Crippen molar-refractivity contribution in [1.29, 1.82) is 0 Å². The van der Waals surface area contributed by atoms with Crippen LogP contribution in [-0.2, 0) is 0 Å². The molecule has 0 aliphatic carbocycles. The molecule has 0 bridgehead atoms. The van der Waals surface area contributed by atoms with E-state index in [0.717, 1.165) is 71.8 Å². The van der Waals surface area contributed by atoms with Crippen molar-refractivity contribution in [3.8, 4) is 22.4 Å². The molecule has 9 aromatic rings. The van der Waals surface area contributed by atoms with E-state index in [0.29, 0.717) is 11.7 Å². The van der Waals surface area contributed by atoms with Crippen molar-refractivity contribution in [2.75, 3.05) is 0 Å². The molecule has 2 aromatic heterocycles. The average Bonchev–Trinajstić information content (AvgIpc) is 3.58. The molecular formula is C46H29N4O-. The van der Waals surface area contributed by atoms with Crippen molar-refractivity contribution >= 4 is 55.2 Å². The maximum atomic E-state index is 6.84. The van der Waals surface area contributed by atoms with Gasteiger partial charge < -0.3 is 14.7 Å². The van der Waals surface area contributed by atoms with Gasteiger partial charge in [-0.05, 0) is 62.0 Å². The highest BCUT2D eigenvalue weighted by atomic mass is 16.3. The predicted octanol–water partition coefficient (Wildman–Crippen LogP) is 11.9. The summed E-state index contributed by atoms with van der Waals surface area (Å²) in [5.74, 6) is 1.26. The Balaban J connectivity index is 1.21. The minimum atomic E-state index is -0.439. The number of hydrogen-bond acceptors (Lipinski definition) is 4. The van der Waals surface area contributed by atoms with Crippen molar-refractivity contribution in [2.45, 2.75) is 6.17 Å². The molecule has 0 N–H and O–H groups in total. The molecule has 1 atom stereocenters. The van der Waals surface area contributed by atoms with Crippen LogP contribution in [0.4, 0.5) is 0 Å². The van der Waals surface area contributed by atoms with Crippen molar-refractivity contribution in [1.82, 2.24) is 4.98 Å². The van der Waals surface area contributed by atoms with Crippen LogP contribution in [0, 0.1) is 0 Å². The van der Waals surface area contributed by atoms with E-state index in [2.05, 4.69) is 103 Å². The van der Waals surface area contributed by atoms with Gasteiger partial charge in [-0.15, -0.1) is 0 Å². The summed E-state index contributed by atoms with van der Waals surface area (Å²) in [4.78, 5) is 15.4. The van der Waals surface area contributed by atoms with E-state index in [9.17, 15) is 0 Å². The maximum absolute atomic E-state index is 6.84. The monoisotopic (exact) mass is 653 g/mol. The van der Waals surface area contributed by atoms with Crippen LogP contribution in [0.5, 0.6) is 0 Å². The number of nitrogens with zero attached hydrogens (tertiary/aromatic N) is 4. The predicted molar refractivity (Wildman–Crippen MR) is 209 cm³/mol. The lowest BCUT2D eigenvalue weighted by Crippen LogP contribution is -2.16. The smallest absolute Gasteiger partial charge is 0.146 e. The summed E-state index contributed by atoms with van der Waals surface area (Å²) in [6.45, 7) is 0. The van der Waals surface area contributed by atoms with Gasteiger partial charge in [-0.1, -0.05) is 151 Å². The Kier molecular flexibility index (Phi) is 6.81. The zero-order valence-corrected chi connectivity index (χ0v) is 27.4. The molecule has 51 heavy (non-hydrogen) atoms. The van der Waals surface area contributed by atoms with E-state index < -0.39 is 6.17 Å². The van der Waals surface area contributed by atoms with Gasteiger partial charge in [0.2, 0.25) is 0 Å². The van der Waals surface area contributed by atoms with Crippen LogP contribution in [0.1, 0.15) is 22.9 Å². The largest absolute Gasteiger partial charge is 0.455 e. The number of amidine groups is 2. The second-order valence-electron chi connectivity index (χ2n) is 12.8. The van der Waals surface area contributed by atoms with Crippen LogP contribution < -0.4 is 0 Å². The average molecular weight is 654 g/mol. The molecule has 0 fully saturated rings. The van der Waals surface area contributed by atoms with Crippen molar-refractivity contribution in [2.24, 2.45) is 9.98 Å². The number of furan rings is 1. The van der Waals surface area contributed by atoms with E-state index in [1.54, 1.807) is 0 Å². The molecule has 3 heterocycles. The SMILES string of the molecule is c1ccc(C2=NC(c3ccccc3)[N-]C(c3ccccc3-c3ncc(-c4ccc5ccccc5c4)c4oc5cc6ccccc6cc5c34)=N2)cc1. The topological polar surface area (TPSA) is 64.8 Å². The number of rotatable bonds is 5. The van der Waals surface area contributed by atoms with Crippen molar-refractivity contribution in [3.63, 3.8) is 0 Å². The third-order valence-electron chi connectivity index (χ3n) is 9.67. The molecule has 7 aromatic carbocycles. The van der Waals surface area contributed by atoms with E-state index >= 15 is 0 Å².